The van der Waals surface area contributed by atoms with Crippen molar-refractivity contribution in [2.75, 3.05) is 7.11 Å². The zero-order chi connectivity index (χ0) is 26.2. The van der Waals surface area contributed by atoms with Gasteiger partial charge >= 0.3 is 5.97 Å². The highest BCUT2D eigenvalue weighted by atomic mass is 16.5. The molecule has 2 heterocycles. The molecule has 3 aliphatic rings. The van der Waals surface area contributed by atoms with Gasteiger partial charge in [0.2, 0.25) is 5.91 Å². The zero-order valence-electron chi connectivity index (χ0n) is 22.2. The topological polar surface area (TPSA) is 80.6 Å². The molecule has 1 aromatic heterocycles. The summed E-state index contributed by atoms with van der Waals surface area (Å²) in [6, 6.07) is 14.1. The maximum Gasteiger partial charge on any atom is 0.335 e. The minimum Gasteiger partial charge on any atom is -0.478 e. The van der Waals surface area contributed by atoms with Gasteiger partial charge in [-0.3, -0.25) is 4.79 Å². The summed E-state index contributed by atoms with van der Waals surface area (Å²) in [6.07, 6.45) is 10.7. The van der Waals surface area contributed by atoms with E-state index in [0.717, 1.165) is 55.8 Å². The van der Waals surface area contributed by atoms with Gasteiger partial charge in [-0.15, -0.1) is 0 Å². The van der Waals surface area contributed by atoms with Crippen LogP contribution in [0, 0.1) is 5.92 Å². The third kappa shape index (κ3) is 4.64. The first-order chi connectivity index (χ1) is 18.5. The lowest BCUT2D eigenvalue weighted by Gasteiger charge is -2.29. The molecule has 0 radical (unpaired) electrons. The molecular formula is C32H38N2O4. The Labute approximate surface area is 224 Å². The summed E-state index contributed by atoms with van der Waals surface area (Å²) >= 11 is 0. The third-order valence-electron chi connectivity index (χ3n) is 9.18. The first-order valence-corrected chi connectivity index (χ1v) is 14.3. The number of hydrogen-bond acceptors (Lipinski definition) is 3. The summed E-state index contributed by atoms with van der Waals surface area (Å²) in [5.74, 6) is -0.353. The summed E-state index contributed by atoms with van der Waals surface area (Å²) < 4.78 is 7.90. The summed E-state index contributed by atoms with van der Waals surface area (Å²) in [5.41, 5.74) is 6.32. The SMILES string of the molecule is COC1CCCC(C(=O)NC2Cc3ccccc3-c3c(C4CCCCC4)c4ccc(C(=O)O)cc4n3C2)C1. The van der Waals surface area contributed by atoms with Gasteiger partial charge in [0.15, 0.2) is 0 Å². The Kier molecular flexibility index (Phi) is 7.00. The van der Waals surface area contributed by atoms with Gasteiger partial charge in [0.25, 0.3) is 0 Å². The van der Waals surface area contributed by atoms with Gasteiger partial charge in [0.05, 0.1) is 23.4 Å². The highest BCUT2D eigenvalue weighted by molar-refractivity contribution is 5.98. The van der Waals surface area contributed by atoms with E-state index in [0.29, 0.717) is 18.0 Å². The number of carbonyl (C=O) groups is 2. The molecule has 6 nitrogen and oxygen atoms in total. The van der Waals surface area contributed by atoms with Crippen LogP contribution in [0.2, 0.25) is 0 Å². The number of rotatable bonds is 5. The molecule has 3 aromatic rings. The van der Waals surface area contributed by atoms with Gasteiger partial charge in [-0.1, -0.05) is 56.0 Å². The molecule has 200 valence electrons. The minimum atomic E-state index is -0.912. The number of hydrogen-bond donors (Lipinski definition) is 2. The highest BCUT2D eigenvalue weighted by Gasteiger charge is 2.33. The van der Waals surface area contributed by atoms with Crippen molar-refractivity contribution in [2.45, 2.75) is 88.8 Å². The van der Waals surface area contributed by atoms with Crippen LogP contribution < -0.4 is 5.32 Å². The maximum atomic E-state index is 13.5. The highest BCUT2D eigenvalue weighted by Crippen LogP contribution is 2.46. The van der Waals surface area contributed by atoms with Gasteiger partial charge in [-0.2, -0.15) is 0 Å². The second-order valence-corrected chi connectivity index (χ2v) is 11.5. The van der Waals surface area contributed by atoms with Crippen LogP contribution in [0.4, 0.5) is 0 Å². The van der Waals surface area contributed by atoms with E-state index in [-0.39, 0.29) is 24.0 Å². The van der Waals surface area contributed by atoms with Crippen LogP contribution in [0.1, 0.15) is 85.2 Å². The first kappa shape index (κ1) is 25.2. The number of ether oxygens (including phenoxy) is 1. The van der Waals surface area contributed by atoms with E-state index in [2.05, 4.69) is 34.1 Å². The summed E-state index contributed by atoms with van der Waals surface area (Å²) in [6.45, 7) is 0.627. The lowest BCUT2D eigenvalue weighted by atomic mass is 9.81. The maximum absolute atomic E-state index is 13.5. The van der Waals surface area contributed by atoms with Crippen molar-refractivity contribution in [1.29, 1.82) is 0 Å². The predicted molar refractivity (Wildman–Crippen MR) is 149 cm³/mol. The van der Waals surface area contributed by atoms with E-state index in [1.165, 1.54) is 41.6 Å². The quantitative estimate of drug-likeness (QED) is 0.419. The Morgan fingerprint density at radius 1 is 1.00 bits per heavy atom. The Morgan fingerprint density at radius 2 is 1.82 bits per heavy atom. The van der Waals surface area contributed by atoms with Crippen LogP contribution in [-0.4, -0.2) is 40.8 Å². The third-order valence-corrected chi connectivity index (χ3v) is 9.18. The van der Waals surface area contributed by atoms with Gasteiger partial charge in [-0.05, 0) is 67.7 Å². The normalized spacial score (nSPS) is 23.9. The molecule has 3 atom stereocenters. The van der Waals surface area contributed by atoms with Gasteiger partial charge in [-0.25, -0.2) is 4.79 Å². The minimum absolute atomic E-state index is 0.0236. The fraction of sp³-hybridized carbons (Fsp3) is 0.500. The first-order valence-electron chi connectivity index (χ1n) is 14.3. The van der Waals surface area contributed by atoms with Crippen molar-refractivity contribution in [2.24, 2.45) is 5.92 Å². The van der Waals surface area contributed by atoms with E-state index in [9.17, 15) is 14.7 Å². The van der Waals surface area contributed by atoms with Gasteiger partial charge in [0.1, 0.15) is 0 Å². The second kappa shape index (κ2) is 10.6. The van der Waals surface area contributed by atoms with Crippen molar-refractivity contribution in [3.8, 4) is 11.3 Å². The van der Waals surface area contributed by atoms with Crippen LogP contribution in [0.3, 0.4) is 0 Å². The summed E-state index contributed by atoms with van der Waals surface area (Å²) in [4.78, 5) is 25.4. The van der Waals surface area contributed by atoms with Crippen LogP contribution in [0.25, 0.3) is 22.2 Å². The Bertz CT molecular complexity index is 1350. The van der Waals surface area contributed by atoms with Crippen LogP contribution in [0.5, 0.6) is 0 Å². The van der Waals surface area contributed by atoms with Crippen molar-refractivity contribution in [3.05, 3.63) is 59.2 Å². The molecule has 1 aliphatic heterocycles. The molecule has 2 aliphatic carbocycles. The molecular weight excluding hydrogens is 476 g/mol. The van der Waals surface area contributed by atoms with E-state index >= 15 is 0 Å². The number of methoxy groups -OCH3 is 1. The molecule has 2 aromatic carbocycles. The summed E-state index contributed by atoms with van der Waals surface area (Å²) in [5, 5.41) is 14.4. The van der Waals surface area contributed by atoms with Crippen LogP contribution >= 0.6 is 0 Å². The molecule has 3 unspecified atom stereocenters. The van der Waals surface area contributed by atoms with Crippen LogP contribution in [0.15, 0.2) is 42.5 Å². The van der Waals surface area contributed by atoms with E-state index < -0.39 is 5.97 Å². The number of aromatic nitrogens is 1. The number of carboxylic acid groups (broad SMARTS) is 1. The van der Waals surface area contributed by atoms with Crippen molar-refractivity contribution in [1.82, 2.24) is 9.88 Å². The number of nitrogens with one attached hydrogen (secondary N) is 1. The molecule has 2 fully saturated rings. The number of benzene rings is 2. The standard InChI is InChI=1S/C32H38N2O4/c1-38-25-12-7-11-22(17-25)31(35)33-24-16-21-10-5-6-13-26(21)30-29(20-8-3-2-4-9-20)27-15-14-23(32(36)37)18-28(27)34(30)19-24/h5-6,10,13-15,18,20,22,24-25H,2-4,7-9,11-12,16-17,19H2,1H3,(H,33,35)(H,36,37). The Hall–Kier alpha value is -3.12. The van der Waals surface area contributed by atoms with Gasteiger partial charge < -0.3 is 19.7 Å². The van der Waals surface area contributed by atoms with E-state index in [1.54, 1.807) is 13.2 Å². The molecule has 0 bridgehead atoms. The fourth-order valence-electron chi connectivity index (χ4n) is 7.29. The summed E-state index contributed by atoms with van der Waals surface area (Å²) in [7, 11) is 1.74. The molecule has 38 heavy (non-hydrogen) atoms. The molecule has 6 heteroatoms. The average molecular weight is 515 g/mol. The Balaban J connectivity index is 1.45. The van der Waals surface area contributed by atoms with E-state index in [1.807, 2.05) is 12.1 Å². The number of aromatic carboxylic acids is 1. The van der Waals surface area contributed by atoms with Crippen LogP contribution in [-0.2, 0) is 22.5 Å². The van der Waals surface area contributed by atoms with E-state index in [4.69, 9.17) is 4.74 Å². The zero-order valence-corrected chi connectivity index (χ0v) is 22.2. The average Bonchev–Trinajstić information content (AvgIpc) is 3.17. The number of carboxylic acids is 1. The molecule has 6 rings (SSSR count). The Morgan fingerprint density at radius 3 is 2.61 bits per heavy atom. The number of fused-ring (bicyclic) bond motifs is 5. The number of carbonyl (C=O) groups excluding carboxylic acids is 1. The lowest BCUT2D eigenvalue weighted by molar-refractivity contribution is -0.128. The molecule has 0 spiro atoms. The monoisotopic (exact) mass is 514 g/mol. The van der Waals surface area contributed by atoms with Crippen molar-refractivity contribution < 1.29 is 19.4 Å². The van der Waals surface area contributed by atoms with Crippen molar-refractivity contribution in [3.63, 3.8) is 0 Å². The number of amides is 1. The van der Waals surface area contributed by atoms with Crippen molar-refractivity contribution >= 4 is 22.8 Å². The molecule has 0 saturated heterocycles. The molecule has 2 saturated carbocycles. The second-order valence-electron chi connectivity index (χ2n) is 11.5. The predicted octanol–water partition coefficient (Wildman–Crippen LogP) is 6.30. The molecule has 2 N–H and O–H groups in total. The largest absolute Gasteiger partial charge is 0.478 e. The number of nitrogens with zero attached hydrogens (tertiary/aromatic N) is 1. The molecule has 1 amide bonds. The fourth-order valence-corrected chi connectivity index (χ4v) is 7.29. The smallest absolute Gasteiger partial charge is 0.335 e. The lowest BCUT2D eigenvalue weighted by Crippen LogP contribution is -2.43. The van der Waals surface area contributed by atoms with Gasteiger partial charge in [0, 0.05) is 36.0 Å².